The van der Waals surface area contributed by atoms with Crippen molar-refractivity contribution in [3.8, 4) is 0 Å². The monoisotopic (exact) mass is 416 g/mol. The lowest BCUT2D eigenvalue weighted by Gasteiger charge is -2.31. The van der Waals surface area contributed by atoms with Gasteiger partial charge in [-0.1, -0.05) is 6.07 Å². The highest BCUT2D eigenvalue weighted by Crippen LogP contribution is 2.34. The molecule has 30 heavy (non-hydrogen) atoms. The maximum absolute atomic E-state index is 14.1. The fraction of sp³-hybridized carbons (Fsp3) is 0.565. The van der Waals surface area contributed by atoms with Gasteiger partial charge in [0.15, 0.2) is 0 Å². The normalized spacial score (nSPS) is 20.1. The lowest BCUT2D eigenvalue weighted by molar-refractivity contribution is -0.131. The summed E-state index contributed by atoms with van der Waals surface area (Å²) < 4.78 is 29.2. The molecule has 1 aromatic carbocycles. The van der Waals surface area contributed by atoms with Crippen molar-refractivity contribution in [2.24, 2.45) is 7.05 Å². The van der Waals surface area contributed by atoms with E-state index in [4.69, 9.17) is 0 Å². The van der Waals surface area contributed by atoms with E-state index in [0.29, 0.717) is 30.6 Å². The van der Waals surface area contributed by atoms with Crippen LogP contribution in [0.2, 0.25) is 0 Å². The number of halogens is 2. The maximum Gasteiger partial charge on any atom is 0.222 e. The molecule has 1 saturated heterocycles. The molecule has 4 rings (SSSR count). The van der Waals surface area contributed by atoms with Crippen LogP contribution < -0.4 is 0 Å². The van der Waals surface area contributed by atoms with Crippen LogP contribution in [0.3, 0.4) is 0 Å². The van der Waals surface area contributed by atoms with Crippen molar-refractivity contribution in [1.82, 2.24) is 19.6 Å². The van der Waals surface area contributed by atoms with E-state index in [2.05, 4.69) is 23.8 Å². The van der Waals surface area contributed by atoms with Crippen molar-refractivity contribution in [3.05, 3.63) is 52.3 Å². The van der Waals surface area contributed by atoms with Crippen LogP contribution in [-0.2, 0) is 24.9 Å². The lowest BCUT2D eigenvalue weighted by atomic mass is 10.0. The van der Waals surface area contributed by atoms with Crippen LogP contribution in [0, 0.1) is 25.5 Å². The average Bonchev–Trinajstić information content (AvgIpc) is 3.51. The Kier molecular flexibility index (Phi) is 5.91. The highest BCUT2D eigenvalue weighted by atomic mass is 19.1. The summed E-state index contributed by atoms with van der Waals surface area (Å²) in [5.41, 5.74) is 3.91. The topological polar surface area (TPSA) is 41.4 Å². The van der Waals surface area contributed by atoms with E-state index >= 15 is 0 Å². The second-order valence-corrected chi connectivity index (χ2v) is 8.71. The predicted molar refractivity (Wildman–Crippen MR) is 111 cm³/mol. The van der Waals surface area contributed by atoms with E-state index in [1.165, 1.54) is 36.2 Å². The molecular formula is C23H30F2N4O. The molecule has 1 aromatic heterocycles. The van der Waals surface area contributed by atoms with Gasteiger partial charge in [-0.05, 0) is 45.6 Å². The van der Waals surface area contributed by atoms with Gasteiger partial charge >= 0.3 is 0 Å². The van der Waals surface area contributed by atoms with Crippen LogP contribution in [0.25, 0.3) is 0 Å². The molecule has 5 nitrogen and oxygen atoms in total. The first-order valence-corrected chi connectivity index (χ1v) is 10.8. The van der Waals surface area contributed by atoms with Gasteiger partial charge in [0, 0.05) is 68.1 Å². The zero-order valence-corrected chi connectivity index (χ0v) is 18.0. The van der Waals surface area contributed by atoms with Gasteiger partial charge in [-0.25, -0.2) is 8.78 Å². The highest BCUT2D eigenvalue weighted by molar-refractivity contribution is 5.76. The number of nitrogens with zero attached hydrogens (tertiary/aromatic N) is 4. The number of carbonyl (C=O) groups is 1. The first kappa shape index (κ1) is 21.0. The van der Waals surface area contributed by atoms with E-state index < -0.39 is 11.6 Å². The number of amides is 1. The molecule has 2 heterocycles. The minimum absolute atomic E-state index is 0.0470. The zero-order valence-electron chi connectivity index (χ0n) is 18.0. The smallest absolute Gasteiger partial charge is 0.222 e. The number of aromatic nitrogens is 2. The van der Waals surface area contributed by atoms with Gasteiger partial charge in [-0.15, -0.1) is 0 Å². The fourth-order valence-electron chi connectivity index (χ4n) is 4.57. The molecule has 0 spiro atoms. The molecule has 0 N–H and O–H groups in total. The van der Waals surface area contributed by atoms with Crippen molar-refractivity contribution in [2.45, 2.75) is 71.1 Å². The summed E-state index contributed by atoms with van der Waals surface area (Å²) in [6.07, 6.45) is 4.54. The second-order valence-electron chi connectivity index (χ2n) is 8.71. The minimum atomic E-state index is -0.598. The molecule has 2 aliphatic rings. The summed E-state index contributed by atoms with van der Waals surface area (Å²) in [7, 11) is 1.98. The van der Waals surface area contributed by atoms with Crippen molar-refractivity contribution in [1.29, 1.82) is 0 Å². The third-order valence-electron chi connectivity index (χ3n) is 6.64. The van der Waals surface area contributed by atoms with E-state index in [-0.39, 0.29) is 12.5 Å². The largest absolute Gasteiger partial charge is 0.338 e. The van der Waals surface area contributed by atoms with Crippen LogP contribution in [-0.4, -0.2) is 44.1 Å². The number of hydrogen-bond donors (Lipinski definition) is 0. The van der Waals surface area contributed by atoms with E-state index in [0.717, 1.165) is 31.1 Å². The highest BCUT2D eigenvalue weighted by Gasteiger charge is 2.36. The third kappa shape index (κ3) is 4.41. The summed E-state index contributed by atoms with van der Waals surface area (Å²) in [5.74, 6) is -1.14. The van der Waals surface area contributed by atoms with Crippen LogP contribution in [0.5, 0.6) is 0 Å². The Labute approximate surface area is 176 Å². The molecule has 2 aromatic rings. The number of hydrogen-bond acceptors (Lipinski definition) is 3. The molecule has 0 radical (unpaired) electrons. The summed E-state index contributed by atoms with van der Waals surface area (Å²) in [5, 5.41) is 4.56. The first-order chi connectivity index (χ1) is 14.3. The number of aryl methyl sites for hydroxylation is 2. The molecule has 1 aliphatic carbocycles. The Morgan fingerprint density at radius 1 is 1.13 bits per heavy atom. The van der Waals surface area contributed by atoms with Gasteiger partial charge in [0.25, 0.3) is 0 Å². The predicted octanol–water partition coefficient (Wildman–Crippen LogP) is 3.86. The van der Waals surface area contributed by atoms with Gasteiger partial charge < -0.3 is 4.90 Å². The fourth-order valence-corrected chi connectivity index (χ4v) is 4.57. The van der Waals surface area contributed by atoms with Crippen molar-refractivity contribution in [2.75, 3.05) is 6.54 Å². The summed E-state index contributed by atoms with van der Waals surface area (Å²) in [6.45, 7) is 5.82. The molecular weight excluding hydrogens is 386 g/mol. The molecule has 1 aliphatic heterocycles. The Balaban J connectivity index is 1.46. The number of benzene rings is 1. The van der Waals surface area contributed by atoms with Crippen molar-refractivity contribution in [3.63, 3.8) is 0 Å². The Morgan fingerprint density at radius 2 is 1.87 bits per heavy atom. The van der Waals surface area contributed by atoms with Crippen LogP contribution in [0.1, 0.15) is 54.6 Å². The van der Waals surface area contributed by atoms with Crippen LogP contribution >= 0.6 is 0 Å². The molecule has 1 saturated carbocycles. The Bertz CT molecular complexity index is 938. The first-order valence-electron chi connectivity index (χ1n) is 10.8. The number of likely N-dealkylation sites (tertiary alicyclic amines) is 1. The quantitative estimate of drug-likeness (QED) is 0.718. The summed E-state index contributed by atoms with van der Waals surface area (Å²) in [4.78, 5) is 17.0. The van der Waals surface area contributed by atoms with Gasteiger partial charge in [0.1, 0.15) is 11.6 Å². The van der Waals surface area contributed by atoms with Crippen LogP contribution in [0.4, 0.5) is 8.78 Å². The maximum atomic E-state index is 14.1. The Hall–Kier alpha value is -2.28. The zero-order chi connectivity index (χ0) is 21.4. The van der Waals surface area contributed by atoms with Gasteiger partial charge in [0.05, 0.1) is 5.69 Å². The molecule has 7 heteroatoms. The lowest BCUT2D eigenvalue weighted by Crippen LogP contribution is -2.38. The van der Waals surface area contributed by atoms with E-state index in [9.17, 15) is 13.6 Å². The molecule has 162 valence electrons. The van der Waals surface area contributed by atoms with Crippen molar-refractivity contribution < 1.29 is 13.6 Å². The van der Waals surface area contributed by atoms with E-state index in [1.54, 1.807) is 4.90 Å². The molecule has 1 amide bonds. The van der Waals surface area contributed by atoms with Crippen LogP contribution in [0.15, 0.2) is 18.2 Å². The van der Waals surface area contributed by atoms with Gasteiger partial charge in [-0.2, -0.15) is 5.10 Å². The number of carbonyl (C=O) groups excluding carboxylic acids is 1. The summed E-state index contributed by atoms with van der Waals surface area (Å²) >= 11 is 0. The minimum Gasteiger partial charge on any atom is -0.338 e. The SMILES string of the molecule is Cc1nn(C)c(C)c1CN(C1CC1)C1CCC(=O)N(Cc2ccc(F)cc2F)CC1. The van der Waals surface area contributed by atoms with Gasteiger partial charge in [-0.3, -0.25) is 14.4 Å². The average molecular weight is 417 g/mol. The summed E-state index contributed by atoms with van der Waals surface area (Å²) in [6, 6.07) is 4.46. The number of rotatable bonds is 6. The Morgan fingerprint density at radius 3 is 2.50 bits per heavy atom. The third-order valence-corrected chi connectivity index (χ3v) is 6.64. The second kappa shape index (κ2) is 8.46. The molecule has 1 unspecified atom stereocenters. The molecule has 0 bridgehead atoms. The molecule has 2 fully saturated rings. The molecule has 1 atom stereocenters. The standard InChI is InChI=1S/C23H30F2N4O/c1-15-21(16(2)27(3)26-15)14-29(19-6-7-19)20-8-9-23(30)28(11-10-20)13-17-4-5-18(24)12-22(17)25/h4-5,12,19-20H,6-11,13-14H2,1-3H3. The van der Waals surface area contributed by atoms with E-state index in [1.807, 2.05) is 11.7 Å². The van der Waals surface area contributed by atoms with Crippen molar-refractivity contribution >= 4 is 5.91 Å². The van der Waals surface area contributed by atoms with Gasteiger partial charge in [0.2, 0.25) is 5.91 Å².